The lowest BCUT2D eigenvalue weighted by Crippen LogP contribution is -2.47. The Bertz CT molecular complexity index is 1040. The molecule has 8 nitrogen and oxygen atoms in total. The molecule has 4 atom stereocenters. The maximum absolute atomic E-state index is 12.6. The highest BCUT2D eigenvalue weighted by Crippen LogP contribution is 2.47. The topological polar surface area (TPSA) is 109 Å². The fourth-order valence-electron chi connectivity index (χ4n) is 5.47. The van der Waals surface area contributed by atoms with Gasteiger partial charge in [-0.15, -0.1) is 0 Å². The van der Waals surface area contributed by atoms with Crippen molar-refractivity contribution in [3.8, 4) is 5.75 Å². The number of urea groups is 1. The number of fused-ring (bicyclic) bond motifs is 3. The summed E-state index contributed by atoms with van der Waals surface area (Å²) in [6, 6.07) is 15.4. The van der Waals surface area contributed by atoms with Crippen molar-refractivity contribution in [1.29, 1.82) is 0 Å². The number of aliphatic hydroxyl groups excluding tert-OH is 1. The highest BCUT2D eigenvalue weighted by molar-refractivity contribution is 5.89. The van der Waals surface area contributed by atoms with Crippen LogP contribution >= 0.6 is 0 Å². The van der Waals surface area contributed by atoms with Gasteiger partial charge in [-0.2, -0.15) is 0 Å². The highest BCUT2D eigenvalue weighted by atomic mass is 16.6. The molecule has 2 aromatic rings. The van der Waals surface area contributed by atoms with E-state index in [0.29, 0.717) is 18.7 Å². The Morgan fingerprint density at radius 2 is 1.86 bits per heavy atom. The third kappa shape index (κ3) is 5.60. The third-order valence-electron chi connectivity index (χ3n) is 7.19. The molecule has 1 saturated heterocycles. The summed E-state index contributed by atoms with van der Waals surface area (Å²) in [4.78, 5) is 25.0. The van der Waals surface area contributed by atoms with Gasteiger partial charge in [0, 0.05) is 29.8 Å². The number of carbonyl (C=O) groups excluding carboxylic acids is 2. The van der Waals surface area contributed by atoms with Crippen molar-refractivity contribution in [2.24, 2.45) is 0 Å². The van der Waals surface area contributed by atoms with E-state index in [1.807, 2.05) is 48.5 Å². The van der Waals surface area contributed by atoms with Gasteiger partial charge in [-0.25, -0.2) is 4.79 Å². The van der Waals surface area contributed by atoms with Gasteiger partial charge in [-0.1, -0.05) is 43.2 Å². The molecular weight excluding hydrogens is 446 g/mol. The van der Waals surface area contributed by atoms with E-state index >= 15 is 0 Å². The molecule has 0 spiro atoms. The number of benzene rings is 2. The molecule has 8 heteroatoms. The van der Waals surface area contributed by atoms with Crippen molar-refractivity contribution in [3.05, 3.63) is 59.7 Å². The first kappa shape index (κ1) is 23.6. The van der Waals surface area contributed by atoms with Crippen molar-refractivity contribution in [1.82, 2.24) is 10.6 Å². The standard InChI is InChI=1S/C27H33N3O5/c31-16-24-26-22(13-20(34-24)14-25(32)28-15-17-6-2-1-3-7-17)21-12-19(10-11-23(21)35-26)30-27(33)29-18-8-4-5-9-18/h1-3,6-7,10-12,18,20,22,24,26,31H,4-5,8-9,13-16H2,(H,28,32)(H2,29,30,33)/t20-,22-,24+,26+/m1/s1. The quantitative estimate of drug-likeness (QED) is 0.486. The van der Waals surface area contributed by atoms with E-state index in [2.05, 4.69) is 16.0 Å². The van der Waals surface area contributed by atoms with Crippen LogP contribution in [0.1, 0.15) is 55.6 Å². The molecule has 0 aromatic heterocycles. The zero-order valence-electron chi connectivity index (χ0n) is 19.7. The van der Waals surface area contributed by atoms with Crippen molar-refractivity contribution in [2.45, 2.75) is 75.3 Å². The predicted octanol–water partition coefficient (Wildman–Crippen LogP) is 3.45. The fraction of sp³-hybridized carbons (Fsp3) is 0.481. The number of anilines is 1. The monoisotopic (exact) mass is 479 g/mol. The van der Waals surface area contributed by atoms with Crippen LogP contribution in [0, 0.1) is 0 Å². The maximum Gasteiger partial charge on any atom is 0.319 e. The molecule has 3 aliphatic rings. The second kappa shape index (κ2) is 10.7. The first-order valence-electron chi connectivity index (χ1n) is 12.5. The Morgan fingerprint density at radius 3 is 2.63 bits per heavy atom. The summed E-state index contributed by atoms with van der Waals surface area (Å²) in [5.41, 5.74) is 2.71. The molecule has 0 radical (unpaired) electrons. The van der Waals surface area contributed by atoms with Gasteiger partial charge in [0.1, 0.15) is 18.0 Å². The van der Waals surface area contributed by atoms with Crippen LogP contribution in [0.3, 0.4) is 0 Å². The minimum atomic E-state index is -0.518. The van der Waals surface area contributed by atoms with Crippen LogP contribution in [-0.4, -0.2) is 48.0 Å². The largest absolute Gasteiger partial charge is 0.487 e. The van der Waals surface area contributed by atoms with Gasteiger partial charge < -0.3 is 30.5 Å². The Morgan fingerprint density at radius 1 is 1.06 bits per heavy atom. The minimum absolute atomic E-state index is 0.0255. The molecule has 0 bridgehead atoms. The van der Waals surface area contributed by atoms with Gasteiger partial charge in [0.2, 0.25) is 5.91 Å². The van der Waals surface area contributed by atoms with Gasteiger partial charge >= 0.3 is 6.03 Å². The molecule has 1 aliphatic carbocycles. The highest BCUT2D eigenvalue weighted by Gasteiger charge is 2.46. The van der Waals surface area contributed by atoms with Gasteiger partial charge in [0.25, 0.3) is 0 Å². The molecule has 186 valence electrons. The summed E-state index contributed by atoms with van der Waals surface area (Å²) >= 11 is 0. The van der Waals surface area contributed by atoms with Crippen LogP contribution in [0.15, 0.2) is 48.5 Å². The summed E-state index contributed by atoms with van der Waals surface area (Å²) in [6.07, 6.45) is 4.01. The van der Waals surface area contributed by atoms with Crippen molar-refractivity contribution in [3.63, 3.8) is 0 Å². The molecular formula is C27H33N3O5. The van der Waals surface area contributed by atoms with Gasteiger partial charge in [0.15, 0.2) is 0 Å². The van der Waals surface area contributed by atoms with Gasteiger partial charge in [0.05, 0.1) is 19.1 Å². The number of rotatable bonds is 7. The summed E-state index contributed by atoms with van der Waals surface area (Å²) < 4.78 is 12.2. The van der Waals surface area contributed by atoms with E-state index in [9.17, 15) is 14.7 Å². The molecule has 3 amide bonds. The number of hydrogen-bond donors (Lipinski definition) is 4. The summed E-state index contributed by atoms with van der Waals surface area (Å²) in [5.74, 6) is 0.618. The zero-order chi connectivity index (χ0) is 24.2. The normalized spacial score (nSPS) is 25.3. The molecule has 0 unspecified atom stereocenters. The third-order valence-corrected chi connectivity index (χ3v) is 7.19. The average Bonchev–Trinajstić information content (AvgIpc) is 3.50. The number of amides is 3. The SMILES string of the molecule is O=C(C[C@H]1C[C@@H]2c3cc(NC(=O)NC4CCCC4)ccc3O[C@@H]2[C@H](CO)O1)NCc1ccccc1. The van der Waals surface area contributed by atoms with Crippen LogP contribution in [0.2, 0.25) is 0 Å². The lowest BCUT2D eigenvalue weighted by Gasteiger charge is -2.37. The second-order valence-electron chi connectivity index (χ2n) is 9.70. The number of ether oxygens (including phenoxy) is 2. The molecule has 5 rings (SSSR count). The number of aliphatic hydroxyl groups is 1. The molecule has 1 saturated carbocycles. The number of hydrogen-bond acceptors (Lipinski definition) is 5. The van der Waals surface area contributed by atoms with E-state index < -0.39 is 6.10 Å². The van der Waals surface area contributed by atoms with Crippen LogP contribution in [0.5, 0.6) is 5.75 Å². The Labute approximate surface area is 205 Å². The Hall–Kier alpha value is -3.10. The minimum Gasteiger partial charge on any atom is -0.487 e. The summed E-state index contributed by atoms with van der Waals surface area (Å²) in [5, 5.41) is 18.9. The smallest absolute Gasteiger partial charge is 0.319 e. The number of carbonyl (C=O) groups is 2. The van der Waals surface area contributed by atoms with E-state index in [4.69, 9.17) is 9.47 Å². The van der Waals surface area contributed by atoms with Crippen LogP contribution in [0.25, 0.3) is 0 Å². The first-order chi connectivity index (χ1) is 17.1. The molecule has 4 N–H and O–H groups in total. The Balaban J connectivity index is 1.22. The van der Waals surface area contributed by atoms with Crippen molar-refractivity contribution >= 4 is 17.6 Å². The molecule has 35 heavy (non-hydrogen) atoms. The van der Waals surface area contributed by atoms with E-state index in [1.54, 1.807) is 0 Å². The zero-order valence-corrected chi connectivity index (χ0v) is 19.7. The van der Waals surface area contributed by atoms with Gasteiger partial charge in [-0.3, -0.25) is 4.79 Å². The number of nitrogens with one attached hydrogen (secondary N) is 3. The van der Waals surface area contributed by atoms with E-state index in [1.165, 1.54) is 0 Å². The molecule has 2 fully saturated rings. The van der Waals surface area contributed by atoms with Crippen molar-refractivity contribution < 1.29 is 24.2 Å². The average molecular weight is 480 g/mol. The van der Waals surface area contributed by atoms with Crippen LogP contribution in [0.4, 0.5) is 10.5 Å². The lowest BCUT2D eigenvalue weighted by molar-refractivity contribution is -0.142. The summed E-state index contributed by atoms with van der Waals surface area (Å²) in [6.45, 7) is 0.276. The Kier molecular flexibility index (Phi) is 7.20. The molecule has 2 aromatic carbocycles. The molecule has 2 aliphatic heterocycles. The van der Waals surface area contributed by atoms with Crippen molar-refractivity contribution in [2.75, 3.05) is 11.9 Å². The fourth-order valence-corrected chi connectivity index (χ4v) is 5.47. The maximum atomic E-state index is 12.6. The van der Waals surface area contributed by atoms with E-state index in [0.717, 1.165) is 42.6 Å². The summed E-state index contributed by atoms with van der Waals surface area (Å²) in [7, 11) is 0. The van der Waals surface area contributed by atoms with Crippen LogP contribution in [-0.2, 0) is 16.1 Å². The van der Waals surface area contributed by atoms with Gasteiger partial charge in [-0.05, 0) is 43.0 Å². The molecule has 2 heterocycles. The van der Waals surface area contributed by atoms with Crippen LogP contribution < -0.4 is 20.7 Å². The lowest BCUT2D eigenvalue weighted by atomic mass is 9.84. The first-order valence-corrected chi connectivity index (χ1v) is 12.5. The predicted molar refractivity (Wildman–Crippen MR) is 131 cm³/mol. The van der Waals surface area contributed by atoms with E-state index in [-0.39, 0.29) is 49.1 Å². The second-order valence-corrected chi connectivity index (χ2v) is 9.70.